The molecule has 4 heterocycles. The number of rotatable bonds is 3. The van der Waals surface area contributed by atoms with Crippen molar-refractivity contribution < 1.29 is 0 Å². The Hall–Kier alpha value is -1.88. The molecule has 5 nitrogen and oxygen atoms in total. The molecule has 5 heteroatoms. The van der Waals surface area contributed by atoms with Gasteiger partial charge in [0.2, 0.25) is 0 Å². The first-order chi connectivity index (χ1) is 9.90. The van der Waals surface area contributed by atoms with Crippen molar-refractivity contribution in [1.29, 1.82) is 0 Å². The van der Waals surface area contributed by atoms with Crippen LogP contribution in [0.1, 0.15) is 12.8 Å². The molecule has 3 aliphatic rings. The Morgan fingerprint density at radius 1 is 1.15 bits per heavy atom. The molecule has 1 atom stereocenters. The molecule has 3 fully saturated rings. The highest BCUT2D eigenvalue weighted by Crippen LogP contribution is 2.31. The van der Waals surface area contributed by atoms with Crippen molar-refractivity contribution in [1.82, 2.24) is 19.7 Å². The van der Waals surface area contributed by atoms with Crippen molar-refractivity contribution in [3.8, 4) is 5.69 Å². The van der Waals surface area contributed by atoms with Crippen molar-refractivity contribution in [2.75, 3.05) is 25.0 Å². The molecule has 0 amide bonds. The van der Waals surface area contributed by atoms with Gasteiger partial charge in [0.05, 0.1) is 11.4 Å². The van der Waals surface area contributed by atoms with Gasteiger partial charge in [0, 0.05) is 12.6 Å². The van der Waals surface area contributed by atoms with Gasteiger partial charge in [0.1, 0.15) is 12.7 Å². The van der Waals surface area contributed by atoms with Gasteiger partial charge in [0.25, 0.3) is 0 Å². The van der Waals surface area contributed by atoms with E-state index in [2.05, 4.69) is 38.5 Å². The minimum absolute atomic E-state index is 0.558. The van der Waals surface area contributed by atoms with Crippen LogP contribution < -0.4 is 5.32 Å². The maximum Gasteiger partial charge on any atom is 0.138 e. The highest BCUT2D eigenvalue weighted by atomic mass is 15.3. The average molecular weight is 269 g/mol. The zero-order valence-corrected chi connectivity index (χ0v) is 11.4. The Labute approximate surface area is 118 Å². The lowest BCUT2D eigenvalue weighted by Crippen LogP contribution is -2.53. The zero-order chi connectivity index (χ0) is 13.4. The quantitative estimate of drug-likeness (QED) is 0.922. The lowest BCUT2D eigenvalue weighted by atomic mass is 9.84. The summed E-state index contributed by atoms with van der Waals surface area (Å²) >= 11 is 0. The summed E-state index contributed by atoms with van der Waals surface area (Å²) in [5.41, 5.74) is 2.22. The van der Waals surface area contributed by atoms with Gasteiger partial charge < -0.3 is 10.2 Å². The van der Waals surface area contributed by atoms with E-state index in [1.54, 1.807) is 12.7 Å². The van der Waals surface area contributed by atoms with Crippen LogP contribution in [0.15, 0.2) is 36.9 Å². The molecule has 1 N–H and O–H groups in total. The molecule has 0 spiro atoms. The van der Waals surface area contributed by atoms with Crippen LogP contribution in [-0.4, -0.2) is 45.3 Å². The maximum atomic E-state index is 4.24. The Morgan fingerprint density at radius 3 is 2.70 bits per heavy atom. The summed E-state index contributed by atoms with van der Waals surface area (Å²) in [6.45, 7) is 3.71. The van der Waals surface area contributed by atoms with Crippen molar-refractivity contribution in [2.24, 2.45) is 5.92 Å². The molecule has 104 valence electrons. The SMILES string of the molecule is c1ccc(-n2cncn2)c(NC2CN3CCC2CC3)c1. The summed E-state index contributed by atoms with van der Waals surface area (Å²) in [5, 5.41) is 7.98. The van der Waals surface area contributed by atoms with Crippen molar-refractivity contribution in [3.63, 3.8) is 0 Å². The second-order valence-corrected chi connectivity index (χ2v) is 5.75. The van der Waals surface area contributed by atoms with E-state index in [9.17, 15) is 0 Å². The predicted octanol–water partition coefficient (Wildman–Crippen LogP) is 1.77. The molecule has 2 bridgehead atoms. The van der Waals surface area contributed by atoms with Gasteiger partial charge in [-0.25, -0.2) is 9.67 Å². The fraction of sp³-hybridized carbons (Fsp3) is 0.467. The molecular weight excluding hydrogens is 250 g/mol. The minimum Gasteiger partial charge on any atom is -0.379 e. The number of anilines is 1. The van der Waals surface area contributed by atoms with E-state index in [1.165, 1.54) is 25.9 Å². The number of nitrogens with one attached hydrogen (secondary N) is 1. The molecular formula is C15H19N5. The Balaban J connectivity index is 1.60. The number of hydrogen-bond acceptors (Lipinski definition) is 4. The van der Waals surface area contributed by atoms with Gasteiger partial charge in [-0.1, -0.05) is 12.1 Å². The Kier molecular flexibility index (Phi) is 2.92. The van der Waals surface area contributed by atoms with Gasteiger partial charge in [-0.05, 0) is 44.0 Å². The fourth-order valence-electron chi connectivity index (χ4n) is 3.46. The summed E-state index contributed by atoms with van der Waals surface area (Å²) in [4.78, 5) is 6.61. The minimum atomic E-state index is 0.558. The lowest BCUT2D eigenvalue weighted by Gasteiger charge is -2.45. The highest BCUT2D eigenvalue weighted by Gasteiger charge is 2.34. The van der Waals surface area contributed by atoms with Gasteiger partial charge in [-0.15, -0.1) is 0 Å². The number of nitrogens with zero attached hydrogens (tertiary/aromatic N) is 4. The van der Waals surface area contributed by atoms with Gasteiger partial charge >= 0.3 is 0 Å². The molecule has 3 saturated heterocycles. The smallest absolute Gasteiger partial charge is 0.138 e. The fourth-order valence-corrected chi connectivity index (χ4v) is 3.46. The van der Waals surface area contributed by atoms with E-state index in [-0.39, 0.29) is 0 Å². The van der Waals surface area contributed by atoms with E-state index in [1.807, 2.05) is 10.7 Å². The van der Waals surface area contributed by atoms with Crippen LogP contribution in [0.2, 0.25) is 0 Å². The van der Waals surface area contributed by atoms with E-state index in [4.69, 9.17) is 0 Å². The van der Waals surface area contributed by atoms with Crippen molar-refractivity contribution in [3.05, 3.63) is 36.9 Å². The van der Waals surface area contributed by atoms with Crippen LogP contribution in [0.25, 0.3) is 5.69 Å². The lowest BCUT2D eigenvalue weighted by molar-refractivity contribution is 0.0975. The molecule has 1 aromatic heterocycles. The summed E-state index contributed by atoms with van der Waals surface area (Å²) in [7, 11) is 0. The van der Waals surface area contributed by atoms with Gasteiger partial charge in [-0.3, -0.25) is 0 Å². The van der Waals surface area contributed by atoms with Gasteiger partial charge in [-0.2, -0.15) is 5.10 Å². The first kappa shape index (κ1) is 11.9. The third kappa shape index (κ3) is 2.08. The number of aromatic nitrogens is 3. The van der Waals surface area contributed by atoms with E-state index in [0.717, 1.165) is 23.8 Å². The third-order valence-electron chi connectivity index (χ3n) is 4.57. The molecule has 0 saturated carbocycles. The largest absolute Gasteiger partial charge is 0.379 e. The molecule has 3 aliphatic heterocycles. The second-order valence-electron chi connectivity index (χ2n) is 5.75. The topological polar surface area (TPSA) is 46.0 Å². The standard InChI is InChI=1S/C15H19N5/c1-2-4-15(20-11-16-10-17-20)13(3-1)18-14-9-19-7-5-12(14)6-8-19/h1-4,10-12,14,18H,5-9H2. The van der Waals surface area contributed by atoms with Crippen LogP contribution >= 0.6 is 0 Å². The number of piperidine rings is 3. The molecule has 1 unspecified atom stereocenters. The number of para-hydroxylation sites is 2. The Morgan fingerprint density at radius 2 is 2.00 bits per heavy atom. The highest BCUT2D eigenvalue weighted by molar-refractivity contribution is 5.61. The molecule has 20 heavy (non-hydrogen) atoms. The molecule has 0 aliphatic carbocycles. The van der Waals surface area contributed by atoms with E-state index >= 15 is 0 Å². The zero-order valence-electron chi connectivity index (χ0n) is 11.4. The van der Waals surface area contributed by atoms with Gasteiger partial charge in [0.15, 0.2) is 0 Å². The summed E-state index contributed by atoms with van der Waals surface area (Å²) in [5.74, 6) is 0.809. The normalized spacial score (nSPS) is 28.5. The van der Waals surface area contributed by atoms with Crippen LogP contribution in [0.5, 0.6) is 0 Å². The van der Waals surface area contributed by atoms with Crippen LogP contribution in [-0.2, 0) is 0 Å². The maximum absolute atomic E-state index is 4.24. The summed E-state index contributed by atoms with van der Waals surface area (Å²) < 4.78 is 1.82. The van der Waals surface area contributed by atoms with Crippen molar-refractivity contribution >= 4 is 5.69 Å². The average Bonchev–Trinajstić information content (AvgIpc) is 3.03. The molecule has 2 aromatic rings. The van der Waals surface area contributed by atoms with Crippen molar-refractivity contribution in [2.45, 2.75) is 18.9 Å². The monoisotopic (exact) mass is 269 g/mol. The Bertz CT molecular complexity index is 572. The molecule has 1 aromatic carbocycles. The summed E-state index contributed by atoms with van der Waals surface area (Å²) in [6.07, 6.45) is 5.97. The number of fused-ring (bicyclic) bond motifs is 3. The first-order valence-corrected chi connectivity index (χ1v) is 7.33. The van der Waals surface area contributed by atoms with E-state index in [0.29, 0.717) is 6.04 Å². The third-order valence-corrected chi connectivity index (χ3v) is 4.57. The number of hydrogen-bond donors (Lipinski definition) is 1. The van der Waals surface area contributed by atoms with E-state index < -0.39 is 0 Å². The van der Waals surface area contributed by atoms with Crippen LogP contribution in [0, 0.1) is 5.92 Å². The molecule has 0 radical (unpaired) electrons. The number of benzene rings is 1. The second kappa shape index (κ2) is 4.90. The summed E-state index contributed by atoms with van der Waals surface area (Å²) in [6, 6.07) is 8.89. The van der Waals surface area contributed by atoms with Crippen LogP contribution in [0.3, 0.4) is 0 Å². The first-order valence-electron chi connectivity index (χ1n) is 7.33. The molecule has 5 rings (SSSR count). The predicted molar refractivity (Wildman–Crippen MR) is 77.9 cm³/mol. The van der Waals surface area contributed by atoms with Crippen LogP contribution in [0.4, 0.5) is 5.69 Å².